The topological polar surface area (TPSA) is 73.0 Å². The quantitative estimate of drug-likeness (QED) is 0.673. The Kier molecular flexibility index (Phi) is 6.31. The SMILES string of the molecule is CN(Cc1ccc(Cl)s1)C(=O)CN1C(=O)N[C@@]2(CCCN(Cc3ccccc3)C2)C1=O. The summed E-state index contributed by atoms with van der Waals surface area (Å²) >= 11 is 7.35. The van der Waals surface area contributed by atoms with E-state index in [1.807, 2.05) is 24.3 Å². The highest BCUT2D eigenvalue weighted by molar-refractivity contribution is 7.16. The van der Waals surface area contributed by atoms with Crippen LogP contribution in [0.5, 0.6) is 0 Å². The van der Waals surface area contributed by atoms with E-state index in [1.165, 1.54) is 21.8 Å². The molecular formula is C22H25ClN4O3S. The van der Waals surface area contributed by atoms with E-state index in [4.69, 9.17) is 11.6 Å². The summed E-state index contributed by atoms with van der Waals surface area (Å²) in [7, 11) is 1.66. The van der Waals surface area contributed by atoms with Crippen LogP contribution in [-0.2, 0) is 22.7 Å². The molecule has 31 heavy (non-hydrogen) atoms. The van der Waals surface area contributed by atoms with E-state index >= 15 is 0 Å². The van der Waals surface area contributed by atoms with Gasteiger partial charge in [-0.3, -0.25) is 19.4 Å². The molecule has 9 heteroatoms. The highest BCUT2D eigenvalue weighted by Crippen LogP contribution is 2.29. The van der Waals surface area contributed by atoms with Gasteiger partial charge in [-0.1, -0.05) is 41.9 Å². The van der Waals surface area contributed by atoms with Crippen LogP contribution in [0.25, 0.3) is 0 Å². The summed E-state index contributed by atoms with van der Waals surface area (Å²) in [6.45, 7) is 2.15. The number of nitrogens with zero attached hydrogens (tertiary/aromatic N) is 3. The van der Waals surface area contributed by atoms with Crippen molar-refractivity contribution >= 4 is 40.8 Å². The van der Waals surface area contributed by atoms with Gasteiger partial charge in [0.25, 0.3) is 5.91 Å². The molecule has 3 heterocycles. The highest BCUT2D eigenvalue weighted by atomic mass is 35.5. The zero-order valence-electron chi connectivity index (χ0n) is 17.3. The van der Waals surface area contributed by atoms with E-state index in [-0.39, 0.29) is 18.4 Å². The van der Waals surface area contributed by atoms with E-state index in [9.17, 15) is 14.4 Å². The number of hydrogen-bond acceptors (Lipinski definition) is 5. The fourth-order valence-corrected chi connectivity index (χ4v) is 5.37. The van der Waals surface area contributed by atoms with Gasteiger partial charge in [-0.25, -0.2) is 4.79 Å². The molecule has 2 aliphatic rings. The van der Waals surface area contributed by atoms with Gasteiger partial charge in [0.15, 0.2) is 0 Å². The molecule has 2 fully saturated rings. The second-order valence-electron chi connectivity index (χ2n) is 8.16. The van der Waals surface area contributed by atoms with Gasteiger partial charge in [-0.05, 0) is 37.1 Å². The van der Waals surface area contributed by atoms with Crippen LogP contribution in [-0.4, -0.2) is 64.8 Å². The van der Waals surface area contributed by atoms with Crippen LogP contribution in [0.2, 0.25) is 4.34 Å². The fraction of sp³-hybridized carbons (Fsp3) is 0.409. The first-order valence-electron chi connectivity index (χ1n) is 10.2. The number of amides is 4. The number of urea groups is 1. The molecular weight excluding hydrogens is 436 g/mol. The van der Waals surface area contributed by atoms with Gasteiger partial charge in [0.2, 0.25) is 5.91 Å². The van der Waals surface area contributed by atoms with Crippen molar-refractivity contribution in [2.75, 3.05) is 26.7 Å². The van der Waals surface area contributed by atoms with Crippen LogP contribution in [0.1, 0.15) is 23.3 Å². The fourth-order valence-electron chi connectivity index (χ4n) is 4.23. The zero-order valence-corrected chi connectivity index (χ0v) is 18.9. The number of benzene rings is 1. The first-order chi connectivity index (χ1) is 14.9. The minimum atomic E-state index is -0.954. The van der Waals surface area contributed by atoms with E-state index in [2.05, 4.69) is 22.3 Å². The Morgan fingerprint density at radius 2 is 2.00 bits per heavy atom. The molecule has 0 aliphatic carbocycles. The zero-order chi connectivity index (χ0) is 22.0. The number of likely N-dealkylation sites (N-methyl/N-ethyl adjacent to an activating group) is 1. The van der Waals surface area contributed by atoms with Crippen molar-refractivity contribution in [2.45, 2.75) is 31.5 Å². The largest absolute Gasteiger partial charge is 0.339 e. The van der Waals surface area contributed by atoms with Gasteiger partial charge >= 0.3 is 6.03 Å². The number of rotatable bonds is 6. The lowest BCUT2D eigenvalue weighted by Crippen LogP contribution is -2.58. The molecule has 1 atom stereocenters. The molecule has 0 unspecified atom stereocenters. The molecule has 7 nitrogen and oxygen atoms in total. The van der Waals surface area contributed by atoms with Crippen molar-refractivity contribution in [3.8, 4) is 0 Å². The molecule has 164 valence electrons. The Balaban J connectivity index is 1.40. The van der Waals surface area contributed by atoms with Gasteiger partial charge in [-0.2, -0.15) is 0 Å². The highest BCUT2D eigenvalue weighted by Gasteiger charge is 2.53. The standard InChI is InChI=1S/C22H25ClN4O3S/c1-25(13-17-8-9-18(23)31-17)19(28)14-27-20(29)22(24-21(27)30)10-5-11-26(15-22)12-16-6-3-2-4-7-16/h2-4,6-9H,5,10-15H2,1H3,(H,24,30)/t22-/m1/s1. The summed E-state index contributed by atoms with van der Waals surface area (Å²) in [5.74, 6) is -0.599. The van der Waals surface area contributed by atoms with E-state index < -0.39 is 11.6 Å². The van der Waals surface area contributed by atoms with Crippen molar-refractivity contribution in [3.63, 3.8) is 0 Å². The van der Waals surface area contributed by atoms with Crippen molar-refractivity contribution in [2.24, 2.45) is 0 Å². The number of thiophene rings is 1. The summed E-state index contributed by atoms with van der Waals surface area (Å²) in [4.78, 5) is 44.3. The minimum Gasteiger partial charge on any atom is -0.339 e. The number of likely N-dealkylation sites (tertiary alicyclic amines) is 1. The maximum absolute atomic E-state index is 13.2. The number of imide groups is 1. The Labute approximate surface area is 190 Å². The lowest BCUT2D eigenvalue weighted by molar-refractivity contribution is -0.139. The maximum Gasteiger partial charge on any atom is 0.325 e. The molecule has 4 rings (SSSR count). The van der Waals surface area contributed by atoms with E-state index in [1.54, 1.807) is 13.1 Å². The molecule has 2 aromatic rings. The third kappa shape index (κ3) is 4.76. The van der Waals surface area contributed by atoms with Crippen LogP contribution >= 0.6 is 22.9 Å². The molecule has 0 radical (unpaired) electrons. The Hall–Kier alpha value is -2.42. The molecule has 4 amide bonds. The first-order valence-corrected chi connectivity index (χ1v) is 11.4. The number of carbonyl (C=O) groups is 3. The number of piperidine rings is 1. The van der Waals surface area contributed by atoms with Crippen LogP contribution in [0.4, 0.5) is 4.79 Å². The normalized spacial score (nSPS) is 21.5. The van der Waals surface area contributed by atoms with Gasteiger partial charge in [0.1, 0.15) is 12.1 Å². The molecule has 2 saturated heterocycles. The molecule has 2 aliphatic heterocycles. The van der Waals surface area contributed by atoms with Gasteiger partial charge in [0, 0.05) is 25.0 Å². The predicted molar refractivity (Wildman–Crippen MR) is 120 cm³/mol. The van der Waals surface area contributed by atoms with Crippen molar-refractivity contribution in [3.05, 3.63) is 57.2 Å². The summed E-state index contributed by atoms with van der Waals surface area (Å²) in [6.07, 6.45) is 1.39. The number of hydrogen-bond donors (Lipinski definition) is 1. The smallest absolute Gasteiger partial charge is 0.325 e. The van der Waals surface area contributed by atoms with Crippen molar-refractivity contribution in [1.82, 2.24) is 20.0 Å². The average Bonchev–Trinajstić information content (AvgIpc) is 3.24. The summed E-state index contributed by atoms with van der Waals surface area (Å²) < 4.78 is 0.657. The van der Waals surface area contributed by atoms with Crippen molar-refractivity contribution < 1.29 is 14.4 Å². The van der Waals surface area contributed by atoms with Crippen LogP contribution in [0, 0.1) is 0 Å². The van der Waals surface area contributed by atoms with Gasteiger partial charge in [-0.15, -0.1) is 11.3 Å². The third-order valence-electron chi connectivity index (χ3n) is 5.81. The average molecular weight is 461 g/mol. The second kappa shape index (κ2) is 8.98. The molecule has 1 N–H and O–H groups in total. The lowest BCUT2D eigenvalue weighted by atomic mass is 9.88. The monoisotopic (exact) mass is 460 g/mol. The second-order valence-corrected chi connectivity index (χ2v) is 9.96. The third-order valence-corrected chi connectivity index (χ3v) is 7.02. The number of nitrogens with one attached hydrogen (secondary N) is 1. The molecule has 0 saturated carbocycles. The van der Waals surface area contributed by atoms with Gasteiger partial charge < -0.3 is 10.2 Å². The van der Waals surface area contributed by atoms with E-state index in [0.717, 1.165) is 29.3 Å². The summed E-state index contributed by atoms with van der Waals surface area (Å²) in [5, 5.41) is 2.89. The Morgan fingerprint density at radius 1 is 1.23 bits per heavy atom. The summed E-state index contributed by atoms with van der Waals surface area (Å²) in [5.41, 5.74) is 0.211. The first kappa shape index (κ1) is 21.8. The number of carbonyl (C=O) groups excluding carboxylic acids is 3. The number of halogens is 1. The molecule has 1 aromatic heterocycles. The summed E-state index contributed by atoms with van der Waals surface area (Å²) in [6, 6.07) is 13.2. The van der Waals surface area contributed by atoms with E-state index in [0.29, 0.717) is 23.8 Å². The predicted octanol–water partition coefficient (Wildman–Crippen LogP) is 2.95. The van der Waals surface area contributed by atoms with Crippen LogP contribution < -0.4 is 5.32 Å². The molecule has 1 aromatic carbocycles. The van der Waals surface area contributed by atoms with Gasteiger partial charge in [0.05, 0.1) is 10.9 Å². The lowest BCUT2D eigenvalue weighted by Gasteiger charge is -2.38. The van der Waals surface area contributed by atoms with Crippen LogP contribution in [0.3, 0.4) is 0 Å². The van der Waals surface area contributed by atoms with Crippen LogP contribution in [0.15, 0.2) is 42.5 Å². The maximum atomic E-state index is 13.2. The Bertz CT molecular complexity index is 982. The molecule has 0 bridgehead atoms. The minimum absolute atomic E-state index is 0.263. The molecule has 1 spiro atoms. The Morgan fingerprint density at radius 3 is 2.71 bits per heavy atom. The van der Waals surface area contributed by atoms with Crippen molar-refractivity contribution in [1.29, 1.82) is 0 Å².